The number of nitrogens with two attached hydrogens (primary N) is 2. The van der Waals surface area contributed by atoms with E-state index in [0.717, 1.165) is 4.90 Å². The van der Waals surface area contributed by atoms with Gasteiger partial charge < -0.3 is 10.5 Å². The Balaban J connectivity index is 1.58. The van der Waals surface area contributed by atoms with E-state index in [2.05, 4.69) is 5.10 Å². The number of primary sulfonamides is 1. The summed E-state index contributed by atoms with van der Waals surface area (Å²) < 4.78 is 31.2. The van der Waals surface area contributed by atoms with Crippen LogP contribution in [0, 0.1) is 12.3 Å². The van der Waals surface area contributed by atoms with Crippen molar-refractivity contribution in [2.75, 3.05) is 11.5 Å². The molecule has 0 bridgehead atoms. The minimum absolute atomic E-state index is 0.0630. The molecular formula is C26H22N6O5S. The molecule has 2 amide bonds. The lowest BCUT2D eigenvalue weighted by atomic mass is 10.0. The lowest BCUT2D eigenvalue weighted by molar-refractivity contribution is -0.120. The van der Waals surface area contributed by atoms with Crippen LogP contribution in [0.15, 0.2) is 77.7 Å². The highest BCUT2D eigenvalue weighted by Crippen LogP contribution is 2.38. The number of anilines is 1. The van der Waals surface area contributed by atoms with Crippen LogP contribution < -0.4 is 20.5 Å². The summed E-state index contributed by atoms with van der Waals surface area (Å²) in [5.41, 5.74) is 8.26. The number of sulfonamides is 1. The monoisotopic (exact) mass is 530 g/mol. The molecule has 5 rings (SSSR count). The van der Waals surface area contributed by atoms with Crippen LogP contribution >= 0.6 is 0 Å². The fraction of sp³-hybridized carbons (Fsp3) is 0.0769. The Morgan fingerprint density at radius 1 is 1.05 bits per heavy atom. The summed E-state index contributed by atoms with van der Waals surface area (Å²) in [6.07, 6.45) is 0. The number of aromatic nitrogens is 2. The number of aryl methyl sites for hydroxylation is 1. The van der Waals surface area contributed by atoms with E-state index < -0.39 is 28.4 Å². The van der Waals surface area contributed by atoms with E-state index in [1.165, 1.54) is 16.8 Å². The van der Waals surface area contributed by atoms with Crippen molar-refractivity contribution in [3.05, 3.63) is 89.7 Å². The molecule has 5 N–H and O–H groups in total. The molecule has 0 radical (unpaired) electrons. The number of amides is 2. The second kappa shape index (κ2) is 9.25. The molecule has 2 heterocycles. The van der Waals surface area contributed by atoms with Crippen molar-refractivity contribution in [3.63, 3.8) is 0 Å². The number of benzene rings is 3. The standard InChI is InChI=1S/C26H22N6O5S/c1-15-11-21(32(30-15)18-6-4-5-17(12-18)25(27)28)26(34)31-20-10-9-16(13-22(20)37-14-24(31)33)19-7-2-3-8-23(19)38(29,35)36/h2-13H,14H2,1H3,(H3,27,28)(H2,29,35,36). The number of nitrogen functional groups attached to an aromatic ring is 1. The molecule has 0 fully saturated rings. The number of imide groups is 1. The van der Waals surface area contributed by atoms with Crippen LogP contribution in [-0.4, -0.2) is 42.5 Å². The third-order valence-corrected chi connectivity index (χ3v) is 6.93. The van der Waals surface area contributed by atoms with Crippen molar-refractivity contribution in [2.45, 2.75) is 11.8 Å². The first kappa shape index (κ1) is 24.9. The third-order valence-electron chi connectivity index (χ3n) is 5.96. The van der Waals surface area contributed by atoms with Gasteiger partial charge in [-0.25, -0.2) is 23.1 Å². The number of nitrogens with zero attached hydrogens (tertiary/aromatic N) is 3. The van der Waals surface area contributed by atoms with Gasteiger partial charge in [0.1, 0.15) is 17.3 Å². The zero-order valence-corrected chi connectivity index (χ0v) is 20.9. The second-order valence-electron chi connectivity index (χ2n) is 8.59. The fourth-order valence-electron chi connectivity index (χ4n) is 4.26. The summed E-state index contributed by atoms with van der Waals surface area (Å²) in [6.45, 7) is 1.32. The summed E-state index contributed by atoms with van der Waals surface area (Å²) in [7, 11) is -4.00. The largest absolute Gasteiger partial charge is 0.482 e. The Morgan fingerprint density at radius 3 is 2.55 bits per heavy atom. The SMILES string of the molecule is Cc1cc(C(=O)N2C(=O)COc3cc(-c4ccccc4S(N)(=O)=O)ccc32)n(-c2cccc(C(=N)N)c2)n1. The Morgan fingerprint density at radius 2 is 1.82 bits per heavy atom. The van der Waals surface area contributed by atoms with E-state index in [-0.39, 0.29) is 27.9 Å². The van der Waals surface area contributed by atoms with E-state index in [4.69, 9.17) is 21.0 Å². The van der Waals surface area contributed by atoms with E-state index in [0.29, 0.717) is 28.1 Å². The highest BCUT2D eigenvalue weighted by molar-refractivity contribution is 7.89. The topological polar surface area (TPSA) is 174 Å². The molecule has 0 spiro atoms. The van der Waals surface area contributed by atoms with Gasteiger partial charge in [-0.1, -0.05) is 36.4 Å². The summed E-state index contributed by atoms with van der Waals surface area (Å²) in [5.74, 6) is -1.13. The summed E-state index contributed by atoms with van der Waals surface area (Å²) >= 11 is 0. The molecule has 12 heteroatoms. The van der Waals surface area contributed by atoms with Crippen LogP contribution in [0.1, 0.15) is 21.7 Å². The lowest BCUT2D eigenvalue weighted by Crippen LogP contribution is -2.43. The van der Waals surface area contributed by atoms with Crippen LogP contribution in [-0.2, 0) is 14.8 Å². The van der Waals surface area contributed by atoms with Crippen LogP contribution in [0.25, 0.3) is 16.8 Å². The van der Waals surface area contributed by atoms with E-state index in [1.54, 1.807) is 67.6 Å². The average molecular weight is 531 g/mol. The highest BCUT2D eigenvalue weighted by Gasteiger charge is 2.34. The molecular weight excluding hydrogens is 508 g/mol. The Hall–Kier alpha value is -4.81. The van der Waals surface area contributed by atoms with Crippen molar-refractivity contribution in [1.82, 2.24) is 9.78 Å². The van der Waals surface area contributed by atoms with Gasteiger partial charge in [0.15, 0.2) is 6.61 Å². The number of carbonyl (C=O) groups is 2. The number of hydrogen-bond donors (Lipinski definition) is 3. The van der Waals surface area contributed by atoms with E-state index in [1.807, 2.05) is 0 Å². The normalized spacial score (nSPS) is 13.1. The average Bonchev–Trinajstić information content (AvgIpc) is 3.29. The molecule has 3 aromatic carbocycles. The first-order chi connectivity index (χ1) is 18.0. The van der Waals surface area contributed by atoms with Gasteiger partial charge in [0.05, 0.1) is 22.0 Å². The molecule has 0 unspecified atom stereocenters. The number of fused-ring (bicyclic) bond motifs is 1. The summed E-state index contributed by atoms with van der Waals surface area (Å²) in [5, 5.41) is 17.5. The Kier molecular flexibility index (Phi) is 6.05. The van der Waals surface area contributed by atoms with E-state index >= 15 is 0 Å². The Bertz CT molecular complexity index is 1740. The molecule has 192 valence electrons. The van der Waals surface area contributed by atoms with Gasteiger partial charge in [-0.05, 0) is 48.9 Å². The number of hydrogen-bond acceptors (Lipinski definition) is 7. The molecule has 0 atom stereocenters. The number of amidine groups is 1. The van der Waals surface area contributed by atoms with Crippen LogP contribution in [0.3, 0.4) is 0 Å². The first-order valence-corrected chi connectivity index (χ1v) is 12.9. The third kappa shape index (κ3) is 4.42. The minimum atomic E-state index is -4.00. The van der Waals surface area contributed by atoms with Crippen molar-refractivity contribution in [1.29, 1.82) is 5.41 Å². The van der Waals surface area contributed by atoms with Crippen molar-refractivity contribution in [3.8, 4) is 22.6 Å². The zero-order chi connectivity index (χ0) is 27.2. The van der Waals surface area contributed by atoms with E-state index in [9.17, 15) is 18.0 Å². The number of carbonyl (C=O) groups excluding carboxylic acids is 2. The van der Waals surface area contributed by atoms with Crippen LogP contribution in [0.4, 0.5) is 5.69 Å². The molecule has 11 nitrogen and oxygen atoms in total. The minimum Gasteiger partial charge on any atom is -0.482 e. The first-order valence-electron chi connectivity index (χ1n) is 11.3. The van der Waals surface area contributed by atoms with Crippen molar-refractivity contribution < 1.29 is 22.7 Å². The van der Waals surface area contributed by atoms with Crippen molar-refractivity contribution in [2.24, 2.45) is 10.9 Å². The molecule has 0 aliphatic carbocycles. The number of rotatable bonds is 5. The predicted molar refractivity (Wildman–Crippen MR) is 140 cm³/mol. The Labute approximate surface area is 217 Å². The molecule has 38 heavy (non-hydrogen) atoms. The molecule has 0 saturated carbocycles. The van der Waals surface area contributed by atoms with Gasteiger partial charge in [-0.2, -0.15) is 5.10 Å². The molecule has 1 aliphatic heterocycles. The highest BCUT2D eigenvalue weighted by atomic mass is 32.2. The lowest BCUT2D eigenvalue weighted by Gasteiger charge is -2.28. The van der Waals surface area contributed by atoms with Crippen LogP contribution in [0.5, 0.6) is 5.75 Å². The van der Waals surface area contributed by atoms with Gasteiger partial charge >= 0.3 is 0 Å². The van der Waals surface area contributed by atoms with Gasteiger partial charge in [0.2, 0.25) is 10.0 Å². The zero-order valence-electron chi connectivity index (χ0n) is 20.1. The summed E-state index contributed by atoms with van der Waals surface area (Å²) in [6, 6.07) is 19.1. The maximum absolute atomic E-state index is 13.8. The smallest absolute Gasteiger partial charge is 0.284 e. The van der Waals surface area contributed by atoms with Gasteiger partial charge in [-0.3, -0.25) is 15.0 Å². The molecule has 1 aromatic heterocycles. The van der Waals surface area contributed by atoms with Crippen LogP contribution in [0.2, 0.25) is 0 Å². The van der Waals surface area contributed by atoms with Gasteiger partial charge in [0, 0.05) is 11.1 Å². The van der Waals surface area contributed by atoms with Crippen molar-refractivity contribution >= 4 is 33.4 Å². The number of nitrogens with one attached hydrogen (secondary N) is 1. The summed E-state index contributed by atoms with van der Waals surface area (Å²) in [4.78, 5) is 27.6. The molecule has 0 saturated heterocycles. The number of ether oxygens (including phenoxy) is 1. The second-order valence-corrected chi connectivity index (χ2v) is 10.1. The fourth-order valence-corrected chi connectivity index (χ4v) is 5.03. The predicted octanol–water partition coefficient (Wildman–Crippen LogP) is 2.34. The maximum atomic E-state index is 13.8. The maximum Gasteiger partial charge on any atom is 0.284 e. The molecule has 4 aromatic rings. The molecule has 1 aliphatic rings. The van der Waals surface area contributed by atoms with Gasteiger partial charge in [0.25, 0.3) is 11.8 Å². The van der Waals surface area contributed by atoms with Gasteiger partial charge in [-0.15, -0.1) is 0 Å². The quantitative estimate of drug-likeness (QED) is 0.202.